The predicted octanol–water partition coefficient (Wildman–Crippen LogP) is 2.06. The van der Waals surface area contributed by atoms with Crippen LogP contribution in [0.1, 0.15) is 38.3 Å². The van der Waals surface area contributed by atoms with Crippen molar-refractivity contribution in [3.05, 3.63) is 24.2 Å². The van der Waals surface area contributed by atoms with Crippen molar-refractivity contribution in [3.63, 3.8) is 0 Å². The number of nitrogens with zero attached hydrogens (tertiary/aromatic N) is 4. The Labute approximate surface area is 119 Å². The molecule has 20 heavy (non-hydrogen) atoms. The zero-order chi connectivity index (χ0) is 14.1. The topological polar surface area (TPSA) is 53.7 Å². The van der Waals surface area contributed by atoms with Crippen molar-refractivity contribution in [2.24, 2.45) is 5.92 Å². The Bertz CT molecular complexity index is 593. The van der Waals surface area contributed by atoms with E-state index in [4.69, 9.17) is 5.11 Å². The molecule has 2 aromatic heterocycles. The van der Waals surface area contributed by atoms with Gasteiger partial charge >= 0.3 is 0 Å². The van der Waals surface area contributed by atoms with Crippen molar-refractivity contribution in [2.75, 3.05) is 24.6 Å². The van der Waals surface area contributed by atoms with Crippen molar-refractivity contribution < 1.29 is 5.11 Å². The summed E-state index contributed by atoms with van der Waals surface area (Å²) < 4.78 is 1.93. The summed E-state index contributed by atoms with van der Waals surface area (Å²) in [6.07, 6.45) is 5.75. The highest BCUT2D eigenvalue weighted by atomic mass is 16.3. The molecule has 0 amide bonds. The van der Waals surface area contributed by atoms with E-state index in [1.807, 2.05) is 16.9 Å². The first kappa shape index (κ1) is 13.4. The van der Waals surface area contributed by atoms with Crippen LogP contribution in [0.25, 0.3) is 5.52 Å². The van der Waals surface area contributed by atoms with E-state index in [-0.39, 0.29) is 6.61 Å². The van der Waals surface area contributed by atoms with E-state index in [0.717, 1.165) is 43.0 Å². The lowest BCUT2D eigenvalue weighted by atomic mass is 10.1. The van der Waals surface area contributed by atoms with Crippen LogP contribution in [0.3, 0.4) is 0 Å². The highest BCUT2D eigenvalue weighted by molar-refractivity contribution is 5.69. The second-order valence-electron chi connectivity index (χ2n) is 5.92. The zero-order valence-electron chi connectivity index (χ0n) is 12.2. The van der Waals surface area contributed by atoms with Crippen LogP contribution in [-0.4, -0.2) is 39.4 Å². The SMILES string of the molecule is CC(C)c1cc2c(N3CCC(CCO)C3)nccn2n1. The molecule has 1 N–H and O–H groups in total. The fourth-order valence-electron chi connectivity index (χ4n) is 2.90. The molecule has 1 aliphatic rings. The molecule has 0 spiro atoms. The van der Waals surface area contributed by atoms with Crippen molar-refractivity contribution >= 4 is 11.3 Å². The van der Waals surface area contributed by atoms with Crippen LogP contribution < -0.4 is 4.90 Å². The summed E-state index contributed by atoms with van der Waals surface area (Å²) in [6, 6.07) is 2.15. The Balaban J connectivity index is 1.92. The number of aliphatic hydroxyl groups is 1. The molecular weight excluding hydrogens is 252 g/mol. The molecule has 3 rings (SSSR count). The van der Waals surface area contributed by atoms with Crippen LogP contribution in [0, 0.1) is 5.92 Å². The summed E-state index contributed by atoms with van der Waals surface area (Å²) >= 11 is 0. The summed E-state index contributed by atoms with van der Waals surface area (Å²) in [5.41, 5.74) is 2.19. The summed E-state index contributed by atoms with van der Waals surface area (Å²) in [4.78, 5) is 6.88. The molecule has 1 atom stereocenters. The normalized spacial score (nSPS) is 19.4. The molecule has 108 valence electrons. The lowest BCUT2D eigenvalue weighted by Crippen LogP contribution is -2.21. The molecule has 1 unspecified atom stereocenters. The first-order chi connectivity index (χ1) is 9.69. The Hall–Kier alpha value is -1.62. The maximum absolute atomic E-state index is 9.07. The summed E-state index contributed by atoms with van der Waals surface area (Å²) in [5, 5.41) is 13.7. The monoisotopic (exact) mass is 274 g/mol. The van der Waals surface area contributed by atoms with E-state index < -0.39 is 0 Å². The molecule has 0 saturated carbocycles. The van der Waals surface area contributed by atoms with Gasteiger partial charge in [-0.05, 0) is 30.7 Å². The van der Waals surface area contributed by atoms with E-state index in [2.05, 4.69) is 34.9 Å². The van der Waals surface area contributed by atoms with Gasteiger partial charge < -0.3 is 10.0 Å². The molecule has 5 nitrogen and oxygen atoms in total. The number of aliphatic hydroxyl groups excluding tert-OH is 1. The van der Waals surface area contributed by atoms with Gasteiger partial charge in [0, 0.05) is 32.1 Å². The minimum Gasteiger partial charge on any atom is -0.396 e. The molecule has 0 aromatic carbocycles. The van der Waals surface area contributed by atoms with Gasteiger partial charge in [0.15, 0.2) is 5.82 Å². The van der Waals surface area contributed by atoms with Gasteiger partial charge in [-0.15, -0.1) is 0 Å². The van der Waals surface area contributed by atoms with Crippen LogP contribution >= 0.6 is 0 Å². The minimum absolute atomic E-state index is 0.278. The smallest absolute Gasteiger partial charge is 0.154 e. The van der Waals surface area contributed by atoms with Gasteiger partial charge in [0.05, 0.1) is 5.69 Å². The van der Waals surface area contributed by atoms with Gasteiger partial charge in [0.2, 0.25) is 0 Å². The predicted molar refractivity (Wildman–Crippen MR) is 79.1 cm³/mol. The molecule has 0 bridgehead atoms. The van der Waals surface area contributed by atoms with Gasteiger partial charge in [-0.3, -0.25) is 0 Å². The number of rotatable bonds is 4. The van der Waals surface area contributed by atoms with Gasteiger partial charge in [-0.2, -0.15) is 5.10 Å². The van der Waals surface area contributed by atoms with Crippen LogP contribution in [-0.2, 0) is 0 Å². The van der Waals surface area contributed by atoms with Gasteiger partial charge in [0.25, 0.3) is 0 Å². The largest absolute Gasteiger partial charge is 0.396 e. The third-order valence-electron chi connectivity index (χ3n) is 4.10. The Morgan fingerprint density at radius 3 is 3.05 bits per heavy atom. The van der Waals surface area contributed by atoms with Crippen LogP contribution in [0.4, 0.5) is 5.82 Å². The van der Waals surface area contributed by atoms with Crippen molar-refractivity contribution in [1.29, 1.82) is 0 Å². The lowest BCUT2D eigenvalue weighted by Gasteiger charge is -2.18. The Morgan fingerprint density at radius 2 is 2.30 bits per heavy atom. The van der Waals surface area contributed by atoms with E-state index in [0.29, 0.717) is 11.8 Å². The molecule has 3 heterocycles. The third-order valence-corrected chi connectivity index (χ3v) is 4.10. The van der Waals surface area contributed by atoms with Gasteiger partial charge in [0.1, 0.15) is 5.52 Å². The molecule has 0 radical (unpaired) electrons. The highest BCUT2D eigenvalue weighted by Gasteiger charge is 2.25. The average molecular weight is 274 g/mol. The van der Waals surface area contributed by atoms with E-state index >= 15 is 0 Å². The maximum Gasteiger partial charge on any atom is 0.154 e. The minimum atomic E-state index is 0.278. The second-order valence-corrected chi connectivity index (χ2v) is 5.92. The Morgan fingerprint density at radius 1 is 1.45 bits per heavy atom. The third kappa shape index (κ3) is 2.38. The molecule has 1 fully saturated rings. The maximum atomic E-state index is 9.07. The number of aromatic nitrogens is 3. The van der Waals surface area contributed by atoms with Gasteiger partial charge in [-0.25, -0.2) is 9.50 Å². The molecule has 1 aliphatic heterocycles. The Kier molecular flexibility index (Phi) is 3.61. The first-order valence-electron chi connectivity index (χ1n) is 7.39. The number of hydrogen-bond acceptors (Lipinski definition) is 4. The quantitative estimate of drug-likeness (QED) is 0.927. The standard InChI is InChI=1S/C15H22N4O/c1-11(2)13-9-14-15(16-5-7-19(14)17-13)18-6-3-12(10-18)4-8-20/h5,7,9,11-12,20H,3-4,6,8,10H2,1-2H3. The summed E-state index contributed by atoms with van der Waals surface area (Å²) in [6.45, 7) is 6.58. The van der Waals surface area contributed by atoms with Crippen molar-refractivity contribution in [2.45, 2.75) is 32.6 Å². The second kappa shape index (κ2) is 5.40. The molecule has 5 heteroatoms. The number of fused-ring (bicyclic) bond motifs is 1. The van der Waals surface area contributed by atoms with Crippen LogP contribution in [0.5, 0.6) is 0 Å². The van der Waals surface area contributed by atoms with E-state index in [1.54, 1.807) is 0 Å². The van der Waals surface area contributed by atoms with Crippen LogP contribution in [0.2, 0.25) is 0 Å². The van der Waals surface area contributed by atoms with E-state index in [9.17, 15) is 0 Å². The lowest BCUT2D eigenvalue weighted by molar-refractivity contribution is 0.263. The molecule has 0 aliphatic carbocycles. The van der Waals surface area contributed by atoms with Gasteiger partial charge in [-0.1, -0.05) is 13.8 Å². The molecule has 2 aromatic rings. The average Bonchev–Trinajstić information content (AvgIpc) is 3.04. The van der Waals surface area contributed by atoms with Crippen molar-refractivity contribution in [3.8, 4) is 0 Å². The fraction of sp³-hybridized carbons (Fsp3) is 0.600. The van der Waals surface area contributed by atoms with Crippen molar-refractivity contribution in [1.82, 2.24) is 14.6 Å². The zero-order valence-corrected chi connectivity index (χ0v) is 12.2. The van der Waals surface area contributed by atoms with E-state index in [1.165, 1.54) is 0 Å². The summed E-state index contributed by atoms with van der Waals surface area (Å²) in [7, 11) is 0. The highest BCUT2D eigenvalue weighted by Crippen LogP contribution is 2.28. The van der Waals surface area contributed by atoms with Crippen LogP contribution in [0.15, 0.2) is 18.5 Å². The first-order valence-corrected chi connectivity index (χ1v) is 7.39. The number of anilines is 1. The summed E-state index contributed by atoms with van der Waals surface area (Å²) in [5.74, 6) is 2.02. The molecule has 1 saturated heterocycles. The number of hydrogen-bond donors (Lipinski definition) is 1. The molecular formula is C15H22N4O. The fourth-order valence-corrected chi connectivity index (χ4v) is 2.90.